The summed E-state index contributed by atoms with van der Waals surface area (Å²) in [5.74, 6) is -0.177. The Hall–Kier alpha value is -1.60. The molecule has 0 saturated heterocycles. The molecule has 1 aromatic carbocycles. The van der Waals surface area contributed by atoms with Crippen LogP contribution in [0.15, 0.2) is 24.3 Å². The number of rotatable bonds is 7. The fourth-order valence-electron chi connectivity index (χ4n) is 1.45. The van der Waals surface area contributed by atoms with Gasteiger partial charge >= 0.3 is 0 Å². The van der Waals surface area contributed by atoms with Crippen LogP contribution in [0.5, 0.6) is 0 Å². The number of sulfonamides is 1. The van der Waals surface area contributed by atoms with E-state index in [9.17, 15) is 13.2 Å². The number of hydrogen-bond donors (Lipinski definition) is 3. The molecular formula is C12H19N3O3S. The molecule has 1 aromatic rings. The van der Waals surface area contributed by atoms with E-state index in [1.54, 1.807) is 24.3 Å². The zero-order chi connectivity index (χ0) is 14.3. The lowest BCUT2D eigenvalue weighted by Crippen LogP contribution is -2.31. The van der Waals surface area contributed by atoms with Crippen molar-refractivity contribution in [3.05, 3.63) is 29.8 Å². The molecule has 0 fully saturated rings. The minimum atomic E-state index is -3.29. The first-order valence-electron chi connectivity index (χ1n) is 5.99. The van der Waals surface area contributed by atoms with E-state index in [0.29, 0.717) is 17.8 Å². The van der Waals surface area contributed by atoms with E-state index in [4.69, 9.17) is 0 Å². The van der Waals surface area contributed by atoms with E-state index in [-0.39, 0.29) is 5.91 Å². The van der Waals surface area contributed by atoms with Crippen LogP contribution in [0.4, 0.5) is 5.69 Å². The summed E-state index contributed by atoms with van der Waals surface area (Å²) in [4.78, 5) is 11.7. The van der Waals surface area contributed by atoms with Gasteiger partial charge in [-0.15, -0.1) is 0 Å². The number of benzene rings is 1. The predicted molar refractivity (Wildman–Crippen MR) is 75.8 cm³/mol. The molecule has 0 unspecified atom stereocenters. The Balaban J connectivity index is 2.53. The van der Waals surface area contributed by atoms with Crippen LogP contribution in [0.1, 0.15) is 17.3 Å². The van der Waals surface area contributed by atoms with Gasteiger partial charge in [-0.2, -0.15) is 0 Å². The van der Waals surface area contributed by atoms with Gasteiger partial charge in [-0.25, -0.2) is 8.42 Å². The number of carbonyl (C=O) groups excluding carboxylic acids is 1. The van der Waals surface area contributed by atoms with E-state index in [2.05, 4.69) is 15.4 Å². The maximum Gasteiger partial charge on any atom is 0.251 e. The molecular weight excluding hydrogens is 266 g/mol. The van der Waals surface area contributed by atoms with Crippen molar-refractivity contribution in [3.63, 3.8) is 0 Å². The normalized spacial score (nSPS) is 11.1. The fraction of sp³-hybridized carbons (Fsp3) is 0.417. The Labute approximate surface area is 113 Å². The number of nitrogens with one attached hydrogen (secondary N) is 3. The van der Waals surface area contributed by atoms with E-state index >= 15 is 0 Å². The second-order valence-corrected chi connectivity index (χ2v) is 5.81. The fourth-order valence-corrected chi connectivity index (χ4v) is 2.01. The van der Waals surface area contributed by atoms with Gasteiger partial charge in [-0.1, -0.05) is 6.92 Å². The molecule has 0 aliphatic heterocycles. The Bertz CT molecular complexity index is 512. The van der Waals surface area contributed by atoms with Gasteiger partial charge in [-0.3, -0.25) is 9.52 Å². The van der Waals surface area contributed by atoms with Crippen molar-refractivity contribution in [3.8, 4) is 0 Å². The Morgan fingerprint density at radius 1 is 1.16 bits per heavy atom. The first kappa shape index (κ1) is 15.5. The molecule has 106 valence electrons. The second-order valence-electron chi connectivity index (χ2n) is 4.06. The Morgan fingerprint density at radius 3 is 2.32 bits per heavy atom. The summed E-state index contributed by atoms with van der Waals surface area (Å²) in [6.07, 6.45) is 1.08. The highest BCUT2D eigenvalue weighted by Gasteiger charge is 2.06. The lowest BCUT2D eigenvalue weighted by atomic mass is 10.2. The number of amides is 1. The van der Waals surface area contributed by atoms with Crippen LogP contribution in [0.3, 0.4) is 0 Å². The van der Waals surface area contributed by atoms with E-state index in [1.807, 2.05) is 6.92 Å². The smallest absolute Gasteiger partial charge is 0.251 e. The summed E-state index contributed by atoms with van der Waals surface area (Å²) >= 11 is 0. The molecule has 19 heavy (non-hydrogen) atoms. The van der Waals surface area contributed by atoms with Crippen molar-refractivity contribution >= 4 is 21.6 Å². The number of likely N-dealkylation sites (N-methyl/N-ethyl adjacent to an activating group) is 1. The highest BCUT2D eigenvalue weighted by Crippen LogP contribution is 2.10. The van der Waals surface area contributed by atoms with Crippen LogP contribution in [0.25, 0.3) is 0 Å². The molecule has 0 bridgehead atoms. The molecule has 3 N–H and O–H groups in total. The van der Waals surface area contributed by atoms with Crippen LogP contribution >= 0.6 is 0 Å². The molecule has 0 saturated carbocycles. The van der Waals surface area contributed by atoms with Crippen molar-refractivity contribution in [1.29, 1.82) is 0 Å². The van der Waals surface area contributed by atoms with Crippen molar-refractivity contribution in [2.45, 2.75) is 6.92 Å². The quantitative estimate of drug-likeness (QED) is 0.633. The Morgan fingerprint density at radius 2 is 1.79 bits per heavy atom. The molecule has 0 aliphatic rings. The van der Waals surface area contributed by atoms with Crippen molar-refractivity contribution < 1.29 is 13.2 Å². The second kappa shape index (κ2) is 7.10. The number of anilines is 1. The maximum atomic E-state index is 11.7. The van der Waals surface area contributed by atoms with E-state index < -0.39 is 10.0 Å². The molecule has 1 amide bonds. The molecule has 0 radical (unpaired) electrons. The number of hydrogen-bond acceptors (Lipinski definition) is 4. The van der Waals surface area contributed by atoms with E-state index in [1.165, 1.54) is 0 Å². The summed E-state index contributed by atoms with van der Waals surface area (Å²) in [7, 11) is -3.29. The molecule has 7 heteroatoms. The first-order chi connectivity index (χ1) is 8.92. The van der Waals surface area contributed by atoms with Crippen molar-refractivity contribution in [2.24, 2.45) is 0 Å². The average Bonchev–Trinajstić information content (AvgIpc) is 2.33. The average molecular weight is 285 g/mol. The van der Waals surface area contributed by atoms with Gasteiger partial charge in [0, 0.05) is 24.3 Å². The van der Waals surface area contributed by atoms with Gasteiger partial charge in [0.05, 0.1) is 6.26 Å². The maximum absolute atomic E-state index is 11.7. The molecule has 0 spiro atoms. The SMILES string of the molecule is CCNCCNC(=O)c1ccc(NS(C)(=O)=O)cc1. The molecule has 0 aliphatic carbocycles. The zero-order valence-corrected chi connectivity index (χ0v) is 11.9. The molecule has 1 rings (SSSR count). The topological polar surface area (TPSA) is 87.3 Å². The third kappa shape index (κ3) is 6.21. The predicted octanol–water partition coefficient (Wildman–Crippen LogP) is 0.397. The lowest BCUT2D eigenvalue weighted by Gasteiger charge is -2.07. The van der Waals surface area contributed by atoms with Crippen LogP contribution < -0.4 is 15.4 Å². The summed E-state index contributed by atoms with van der Waals surface area (Å²) in [5.41, 5.74) is 0.933. The van der Waals surface area contributed by atoms with Crippen molar-refractivity contribution in [2.75, 3.05) is 30.6 Å². The highest BCUT2D eigenvalue weighted by atomic mass is 32.2. The van der Waals surface area contributed by atoms with E-state index in [0.717, 1.165) is 19.3 Å². The summed E-state index contributed by atoms with van der Waals surface area (Å²) in [6, 6.07) is 6.27. The van der Waals surface area contributed by atoms with Gasteiger partial charge in [0.25, 0.3) is 5.91 Å². The molecule has 6 nitrogen and oxygen atoms in total. The summed E-state index contributed by atoms with van der Waals surface area (Å²) in [6.45, 7) is 4.13. The number of carbonyl (C=O) groups is 1. The Kier molecular flexibility index (Phi) is 5.78. The van der Waals surface area contributed by atoms with Crippen molar-refractivity contribution in [1.82, 2.24) is 10.6 Å². The summed E-state index contributed by atoms with van der Waals surface area (Å²) < 4.78 is 24.4. The summed E-state index contributed by atoms with van der Waals surface area (Å²) in [5, 5.41) is 5.86. The third-order valence-corrected chi connectivity index (χ3v) is 2.89. The van der Waals surface area contributed by atoms with Gasteiger partial charge in [0.15, 0.2) is 0 Å². The minimum Gasteiger partial charge on any atom is -0.351 e. The molecule has 0 aromatic heterocycles. The van der Waals surface area contributed by atoms with Gasteiger partial charge in [0.2, 0.25) is 10.0 Å². The zero-order valence-electron chi connectivity index (χ0n) is 11.1. The van der Waals surface area contributed by atoms with Crippen LogP contribution in [-0.4, -0.2) is 40.2 Å². The van der Waals surface area contributed by atoms with Crippen LogP contribution in [-0.2, 0) is 10.0 Å². The first-order valence-corrected chi connectivity index (χ1v) is 7.88. The molecule has 0 atom stereocenters. The molecule has 0 heterocycles. The minimum absolute atomic E-state index is 0.177. The lowest BCUT2D eigenvalue weighted by molar-refractivity contribution is 0.0954. The van der Waals surface area contributed by atoms with Gasteiger partial charge in [0.1, 0.15) is 0 Å². The standard InChI is InChI=1S/C12H19N3O3S/c1-3-13-8-9-14-12(16)10-4-6-11(7-5-10)15-19(2,17)18/h4-7,13,15H,3,8-9H2,1-2H3,(H,14,16). The highest BCUT2D eigenvalue weighted by molar-refractivity contribution is 7.92. The third-order valence-electron chi connectivity index (χ3n) is 2.29. The van der Waals surface area contributed by atoms with Crippen LogP contribution in [0, 0.1) is 0 Å². The van der Waals surface area contributed by atoms with Gasteiger partial charge < -0.3 is 10.6 Å². The van der Waals surface area contributed by atoms with Gasteiger partial charge in [-0.05, 0) is 30.8 Å². The van der Waals surface area contributed by atoms with Crippen LogP contribution in [0.2, 0.25) is 0 Å². The largest absolute Gasteiger partial charge is 0.351 e. The monoisotopic (exact) mass is 285 g/mol.